The molecule has 3 heterocycles. The van der Waals surface area contributed by atoms with Crippen molar-refractivity contribution in [3.05, 3.63) is 60.0 Å². The summed E-state index contributed by atoms with van der Waals surface area (Å²) >= 11 is 0. The molecule has 1 saturated carbocycles. The predicted molar refractivity (Wildman–Crippen MR) is 119 cm³/mol. The van der Waals surface area contributed by atoms with Gasteiger partial charge in [-0.25, -0.2) is 15.0 Å². The van der Waals surface area contributed by atoms with Crippen LogP contribution in [0.2, 0.25) is 0 Å². The molecular formula is C24H27N5O4. The van der Waals surface area contributed by atoms with Crippen LogP contribution in [0.1, 0.15) is 24.0 Å². The zero-order valence-corrected chi connectivity index (χ0v) is 18.7. The van der Waals surface area contributed by atoms with Gasteiger partial charge in [0.1, 0.15) is 11.4 Å². The van der Waals surface area contributed by atoms with Crippen LogP contribution in [0.25, 0.3) is 0 Å². The number of fused-ring (bicyclic) bond motifs is 1. The summed E-state index contributed by atoms with van der Waals surface area (Å²) in [4.78, 5) is 19.1. The lowest BCUT2D eigenvalue weighted by atomic mass is 9.83. The third kappa shape index (κ3) is 4.21. The number of benzene rings is 1. The van der Waals surface area contributed by atoms with Crippen LogP contribution in [0, 0.1) is 11.8 Å². The third-order valence-electron chi connectivity index (χ3n) is 6.66. The number of hydrogen-bond donors (Lipinski definition) is 1. The number of hydrogen-bond acceptors (Lipinski definition) is 9. The molecule has 5 rings (SSSR count). The molecule has 9 heteroatoms. The SMILES string of the molecule is COc1ncc([C@]2(O)CC[C@H]3CN(Cc4cccc(Oc5ncccn5)c4)C[C@H]32)c(OC)n1. The van der Waals surface area contributed by atoms with Gasteiger partial charge in [0.2, 0.25) is 5.88 Å². The topological polar surface area (TPSA) is 103 Å². The van der Waals surface area contributed by atoms with E-state index in [1.54, 1.807) is 31.8 Å². The van der Waals surface area contributed by atoms with Crippen molar-refractivity contribution in [1.29, 1.82) is 0 Å². The average Bonchev–Trinajstić information content (AvgIpc) is 3.39. The Morgan fingerprint density at radius 1 is 1.06 bits per heavy atom. The van der Waals surface area contributed by atoms with Gasteiger partial charge >= 0.3 is 12.0 Å². The van der Waals surface area contributed by atoms with Gasteiger partial charge < -0.3 is 19.3 Å². The van der Waals surface area contributed by atoms with Crippen molar-refractivity contribution in [2.45, 2.75) is 25.0 Å². The Hall–Kier alpha value is -3.30. The highest BCUT2D eigenvalue weighted by Crippen LogP contribution is 2.52. The predicted octanol–water partition coefficient (Wildman–Crippen LogP) is 2.81. The molecule has 1 N–H and O–H groups in total. The summed E-state index contributed by atoms with van der Waals surface area (Å²) in [5, 5.41) is 11.7. The molecule has 1 saturated heterocycles. The molecule has 3 aromatic rings. The van der Waals surface area contributed by atoms with Gasteiger partial charge in [0, 0.05) is 44.1 Å². The lowest BCUT2D eigenvalue weighted by Crippen LogP contribution is -2.35. The van der Waals surface area contributed by atoms with Gasteiger partial charge in [-0.2, -0.15) is 4.98 Å². The summed E-state index contributed by atoms with van der Waals surface area (Å²) in [6.45, 7) is 2.48. The maximum absolute atomic E-state index is 11.7. The first kappa shape index (κ1) is 21.5. The van der Waals surface area contributed by atoms with Crippen molar-refractivity contribution in [2.24, 2.45) is 11.8 Å². The molecule has 1 aliphatic heterocycles. The number of aromatic nitrogens is 4. The van der Waals surface area contributed by atoms with E-state index in [-0.39, 0.29) is 11.9 Å². The van der Waals surface area contributed by atoms with E-state index in [1.807, 2.05) is 18.2 Å². The number of nitrogens with zero attached hydrogens (tertiary/aromatic N) is 5. The number of aliphatic hydroxyl groups is 1. The van der Waals surface area contributed by atoms with E-state index < -0.39 is 5.60 Å². The number of methoxy groups -OCH3 is 2. The van der Waals surface area contributed by atoms with Crippen molar-refractivity contribution < 1.29 is 19.3 Å². The average molecular weight is 450 g/mol. The maximum atomic E-state index is 11.7. The third-order valence-corrected chi connectivity index (χ3v) is 6.66. The molecule has 1 aromatic carbocycles. The Kier molecular flexibility index (Phi) is 5.82. The van der Waals surface area contributed by atoms with Gasteiger partial charge in [0.25, 0.3) is 0 Å². The number of likely N-dealkylation sites (tertiary alicyclic amines) is 1. The lowest BCUT2D eigenvalue weighted by Gasteiger charge is -2.31. The van der Waals surface area contributed by atoms with Gasteiger partial charge in [-0.1, -0.05) is 12.1 Å². The highest BCUT2D eigenvalue weighted by molar-refractivity contribution is 5.34. The summed E-state index contributed by atoms with van der Waals surface area (Å²) in [6, 6.07) is 10.3. The second-order valence-corrected chi connectivity index (χ2v) is 8.58. The summed E-state index contributed by atoms with van der Waals surface area (Å²) in [6.07, 6.45) is 6.56. The van der Waals surface area contributed by atoms with Gasteiger partial charge in [-0.05, 0) is 42.5 Å². The van der Waals surface area contributed by atoms with Gasteiger partial charge in [-0.15, -0.1) is 0 Å². The Morgan fingerprint density at radius 2 is 1.91 bits per heavy atom. The van der Waals surface area contributed by atoms with Crippen LogP contribution < -0.4 is 14.2 Å². The van der Waals surface area contributed by atoms with Gasteiger partial charge in [0.15, 0.2) is 0 Å². The monoisotopic (exact) mass is 449 g/mol. The Morgan fingerprint density at radius 3 is 2.70 bits per heavy atom. The molecule has 0 amide bonds. The highest BCUT2D eigenvalue weighted by Gasteiger charge is 2.53. The molecule has 3 atom stereocenters. The van der Waals surface area contributed by atoms with Crippen LogP contribution in [-0.4, -0.2) is 57.3 Å². The molecule has 1 aliphatic carbocycles. The van der Waals surface area contributed by atoms with Crippen LogP contribution in [0.15, 0.2) is 48.9 Å². The molecule has 2 aromatic heterocycles. The highest BCUT2D eigenvalue weighted by atomic mass is 16.5. The summed E-state index contributed by atoms with van der Waals surface area (Å²) in [7, 11) is 3.06. The summed E-state index contributed by atoms with van der Waals surface area (Å²) in [5.41, 5.74) is 0.753. The second-order valence-electron chi connectivity index (χ2n) is 8.58. The molecule has 0 radical (unpaired) electrons. The van der Waals surface area contributed by atoms with Crippen LogP contribution in [0.4, 0.5) is 0 Å². The minimum atomic E-state index is -1.02. The van der Waals surface area contributed by atoms with Crippen molar-refractivity contribution in [3.8, 4) is 23.7 Å². The lowest BCUT2D eigenvalue weighted by molar-refractivity contribution is -0.00972. The molecule has 0 unspecified atom stereocenters. The van der Waals surface area contributed by atoms with E-state index in [0.29, 0.717) is 35.5 Å². The first-order chi connectivity index (χ1) is 16.1. The molecule has 2 aliphatic rings. The van der Waals surface area contributed by atoms with E-state index >= 15 is 0 Å². The van der Waals surface area contributed by atoms with E-state index in [2.05, 4.69) is 30.9 Å². The van der Waals surface area contributed by atoms with E-state index in [0.717, 1.165) is 31.6 Å². The van der Waals surface area contributed by atoms with Crippen LogP contribution in [0.5, 0.6) is 23.7 Å². The van der Waals surface area contributed by atoms with Crippen molar-refractivity contribution in [3.63, 3.8) is 0 Å². The molecule has 33 heavy (non-hydrogen) atoms. The molecule has 9 nitrogen and oxygen atoms in total. The first-order valence-corrected chi connectivity index (χ1v) is 11.0. The van der Waals surface area contributed by atoms with Crippen molar-refractivity contribution >= 4 is 0 Å². The fourth-order valence-corrected chi connectivity index (χ4v) is 5.16. The minimum Gasteiger partial charge on any atom is -0.481 e. The molecular weight excluding hydrogens is 422 g/mol. The number of ether oxygens (including phenoxy) is 3. The van der Waals surface area contributed by atoms with Crippen molar-refractivity contribution in [2.75, 3.05) is 27.3 Å². The van der Waals surface area contributed by atoms with E-state index in [1.165, 1.54) is 7.11 Å². The van der Waals surface area contributed by atoms with Crippen LogP contribution in [-0.2, 0) is 12.1 Å². The molecule has 0 bridgehead atoms. The maximum Gasteiger partial charge on any atom is 0.321 e. The molecule has 0 spiro atoms. The fourth-order valence-electron chi connectivity index (χ4n) is 5.16. The Labute approximate surface area is 192 Å². The van der Waals surface area contributed by atoms with Crippen LogP contribution >= 0.6 is 0 Å². The first-order valence-electron chi connectivity index (χ1n) is 11.0. The van der Waals surface area contributed by atoms with E-state index in [9.17, 15) is 5.11 Å². The van der Waals surface area contributed by atoms with Crippen LogP contribution in [0.3, 0.4) is 0 Å². The largest absolute Gasteiger partial charge is 0.481 e. The normalized spacial score (nSPS) is 24.5. The standard InChI is InChI=1S/C24H27N5O4/c1-31-21-19(12-27-23(28-21)32-2)24(30)8-7-17-14-29(15-20(17)24)13-16-5-3-6-18(11-16)33-22-25-9-4-10-26-22/h3-6,9-12,17,20,30H,7-8,13-15H2,1-2H3/t17-,20+,24+/m0/s1. The minimum absolute atomic E-state index is 0.0838. The quantitative estimate of drug-likeness (QED) is 0.583. The van der Waals surface area contributed by atoms with Crippen molar-refractivity contribution in [1.82, 2.24) is 24.8 Å². The van der Waals surface area contributed by atoms with Gasteiger partial charge in [0.05, 0.1) is 19.8 Å². The number of rotatable bonds is 7. The zero-order chi connectivity index (χ0) is 22.8. The smallest absolute Gasteiger partial charge is 0.321 e. The second kappa shape index (κ2) is 8.92. The zero-order valence-electron chi connectivity index (χ0n) is 18.7. The fraction of sp³-hybridized carbons (Fsp3) is 0.417. The Balaban J connectivity index is 1.30. The molecule has 2 fully saturated rings. The summed E-state index contributed by atoms with van der Waals surface area (Å²) in [5.74, 6) is 1.56. The summed E-state index contributed by atoms with van der Waals surface area (Å²) < 4.78 is 16.4. The molecule has 172 valence electrons. The van der Waals surface area contributed by atoms with E-state index in [4.69, 9.17) is 14.2 Å². The van der Waals surface area contributed by atoms with Gasteiger partial charge in [-0.3, -0.25) is 4.90 Å². The Bertz CT molecular complexity index is 1120.